The number of aromatic nitrogens is 4. The topological polar surface area (TPSA) is 72.7 Å². The van der Waals surface area contributed by atoms with Crippen molar-refractivity contribution < 1.29 is 4.79 Å². The molecule has 0 unspecified atom stereocenters. The molecule has 1 aromatic carbocycles. The predicted molar refractivity (Wildman–Crippen MR) is 93.5 cm³/mol. The van der Waals surface area contributed by atoms with E-state index in [1.54, 1.807) is 4.68 Å². The number of hydrogen-bond acceptors (Lipinski definition) is 4. The van der Waals surface area contributed by atoms with E-state index in [1.807, 2.05) is 31.3 Å². The molecule has 4 aliphatic rings. The van der Waals surface area contributed by atoms with E-state index in [4.69, 9.17) is 0 Å². The summed E-state index contributed by atoms with van der Waals surface area (Å²) in [7, 11) is 1.82. The molecule has 4 saturated carbocycles. The zero-order valence-electron chi connectivity index (χ0n) is 14.5. The highest BCUT2D eigenvalue weighted by Gasteiger charge is 2.54. The molecule has 0 radical (unpaired) electrons. The molecule has 2 aromatic rings. The second kappa shape index (κ2) is 5.38. The average Bonchev–Trinajstić information content (AvgIpc) is 3.00. The van der Waals surface area contributed by atoms with Gasteiger partial charge < -0.3 is 5.32 Å². The van der Waals surface area contributed by atoms with Gasteiger partial charge in [-0.25, -0.2) is 4.68 Å². The number of anilines is 1. The van der Waals surface area contributed by atoms with Gasteiger partial charge in [0.15, 0.2) is 5.82 Å². The first-order valence-corrected chi connectivity index (χ1v) is 9.25. The molecular weight excluding hydrogens is 314 g/mol. The highest BCUT2D eigenvalue weighted by Crippen LogP contribution is 2.60. The lowest BCUT2D eigenvalue weighted by Gasteiger charge is -2.55. The molecule has 1 amide bonds. The van der Waals surface area contributed by atoms with Crippen LogP contribution in [-0.4, -0.2) is 26.1 Å². The highest BCUT2D eigenvalue weighted by molar-refractivity contribution is 5.95. The summed E-state index contributed by atoms with van der Waals surface area (Å²) >= 11 is 0. The number of tetrazole rings is 1. The van der Waals surface area contributed by atoms with Gasteiger partial charge in [-0.15, -0.1) is 5.10 Å². The lowest BCUT2D eigenvalue weighted by atomic mass is 9.49. The largest absolute Gasteiger partial charge is 0.326 e. The molecule has 6 nitrogen and oxygen atoms in total. The van der Waals surface area contributed by atoms with E-state index >= 15 is 0 Å². The number of nitrogens with zero attached hydrogens (tertiary/aromatic N) is 4. The maximum atomic E-state index is 13.1. The molecule has 0 aliphatic heterocycles. The predicted octanol–water partition coefficient (Wildman–Crippen LogP) is 3.03. The molecule has 4 bridgehead atoms. The van der Waals surface area contributed by atoms with E-state index in [1.165, 1.54) is 19.3 Å². The van der Waals surface area contributed by atoms with Gasteiger partial charge in [0.05, 0.1) is 5.41 Å². The second-order valence-electron chi connectivity index (χ2n) is 8.36. The third-order valence-corrected chi connectivity index (χ3v) is 6.54. The minimum absolute atomic E-state index is 0.110. The zero-order chi connectivity index (χ0) is 17.0. The summed E-state index contributed by atoms with van der Waals surface area (Å²) in [5.41, 5.74) is 1.70. The van der Waals surface area contributed by atoms with Crippen molar-refractivity contribution in [1.29, 1.82) is 0 Å². The fourth-order valence-electron chi connectivity index (χ4n) is 5.83. The lowest BCUT2D eigenvalue weighted by molar-refractivity contribution is -0.140. The Morgan fingerprint density at radius 1 is 1.08 bits per heavy atom. The summed E-state index contributed by atoms with van der Waals surface area (Å²) in [4.78, 5) is 13.1. The number of rotatable bonds is 3. The maximum absolute atomic E-state index is 13.1. The Labute approximate surface area is 147 Å². The van der Waals surface area contributed by atoms with E-state index in [9.17, 15) is 4.79 Å². The molecule has 1 heterocycles. The minimum atomic E-state index is -0.110. The SMILES string of the molecule is Cn1nnnc1-c1ccc(NC(=O)C23CC4CC(CC(C4)C2)C3)cc1. The van der Waals surface area contributed by atoms with Crippen LogP contribution in [0.2, 0.25) is 0 Å². The zero-order valence-corrected chi connectivity index (χ0v) is 14.5. The Morgan fingerprint density at radius 2 is 1.68 bits per heavy atom. The van der Waals surface area contributed by atoms with Crippen LogP contribution in [0, 0.1) is 23.2 Å². The highest BCUT2D eigenvalue weighted by atomic mass is 16.2. The van der Waals surface area contributed by atoms with Crippen LogP contribution < -0.4 is 5.32 Å². The van der Waals surface area contributed by atoms with Crippen LogP contribution in [0.3, 0.4) is 0 Å². The standard InChI is InChI=1S/C19H23N5O/c1-24-17(21-22-23-24)15-2-4-16(5-3-15)20-18(25)19-9-12-6-13(10-19)8-14(7-12)11-19/h2-5,12-14H,6-11H2,1H3,(H,20,25). The van der Waals surface area contributed by atoms with Crippen molar-refractivity contribution in [2.75, 3.05) is 5.32 Å². The molecule has 6 rings (SSSR count). The van der Waals surface area contributed by atoms with Crippen LogP contribution in [0.25, 0.3) is 11.4 Å². The van der Waals surface area contributed by atoms with Crippen LogP contribution in [0.1, 0.15) is 38.5 Å². The molecular formula is C19H23N5O. The summed E-state index contributed by atoms with van der Waals surface area (Å²) in [6.45, 7) is 0. The number of nitrogens with one attached hydrogen (secondary N) is 1. The Hall–Kier alpha value is -2.24. The van der Waals surface area contributed by atoms with E-state index in [0.717, 1.165) is 54.1 Å². The third kappa shape index (κ3) is 2.46. The van der Waals surface area contributed by atoms with Crippen molar-refractivity contribution in [2.45, 2.75) is 38.5 Å². The Kier molecular flexibility index (Phi) is 3.24. The Balaban J connectivity index is 1.34. The lowest BCUT2D eigenvalue weighted by Crippen LogP contribution is -2.51. The first-order chi connectivity index (χ1) is 12.1. The van der Waals surface area contributed by atoms with Crippen molar-refractivity contribution in [2.24, 2.45) is 30.2 Å². The quantitative estimate of drug-likeness (QED) is 0.934. The van der Waals surface area contributed by atoms with Crippen molar-refractivity contribution in [3.63, 3.8) is 0 Å². The van der Waals surface area contributed by atoms with E-state index in [-0.39, 0.29) is 11.3 Å². The summed E-state index contributed by atoms with van der Waals surface area (Å²) in [6.07, 6.45) is 7.33. The van der Waals surface area contributed by atoms with Crippen molar-refractivity contribution in [3.8, 4) is 11.4 Å². The van der Waals surface area contributed by atoms with Gasteiger partial charge in [-0.2, -0.15) is 0 Å². The molecule has 1 N–H and O–H groups in total. The molecule has 25 heavy (non-hydrogen) atoms. The van der Waals surface area contributed by atoms with Gasteiger partial charge in [-0.05, 0) is 91.0 Å². The van der Waals surface area contributed by atoms with Crippen molar-refractivity contribution >= 4 is 11.6 Å². The van der Waals surface area contributed by atoms with Crippen molar-refractivity contribution in [3.05, 3.63) is 24.3 Å². The molecule has 6 heteroatoms. The number of aryl methyl sites for hydroxylation is 1. The maximum Gasteiger partial charge on any atom is 0.230 e. The summed E-state index contributed by atoms with van der Waals surface area (Å²) in [5, 5.41) is 14.7. The van der Waals surface area contributed by atoms with Crippen LogP contribution in [0.4, 0.5) is 5.69 Å². The summed E-state index contributed by atoms with van der Waals surface area (Å²) in [6, 6.07) is 7.81. The normalized spacial score (nSPS) is 32.8. The van der Waals surface area contributed by atoms with Gasteiger partial charge in [-0.1, -0.05) is 0 Å². The van der Waals surface area contributed by atoms with Crippen LogP contribution >= 0.6 is 0 Å². The van der Waals surface area contributed by atoms with Gasteiger partial charge in [0.25, 0.3) is 0 Å². The molecule has 4 aliphatic carbocycles. The number of carbonyl (C=O) groups is 1. The fourth-order valence-corrected chi connectivity index (χ4v) is 5.83. The van der Waals surface area contributed by atoms with Crippen LogP contribution in [0.15, 0.2) is 24.3 Å². The molecule has 4 fully saturated rings. The Morgan fingerprint density at radius 3 is 2.20 bits per heavy atom. The average molecular weight is 337 g/mol. The van der Waals surface area contributed by atoms with Gasteiger partial charge in [0, 0.05) is 18.3 Å². The van der Waals surface area contributed by atoms with E-state index in [0.29, 0.717) is 0 Å². The second-order valence-corrected chi connectivity index (χ2v) is 8.36. The monoisotopic (exact) mass is 337 g/mol. The molecule has 0 saturated heterocycles. The van der Waals surface area contributed by atoms with Crippen LogP contribution in [-0.2, 0) is 11.8 Å². The number of hydrogen-bond donors (Lipinski definition) is 1. The number of benzene rings is 1. The number of amides is 1. The number of carbonyl (C=O) groups excluding carboxylic acids is 1. The van der Waals surface area contributed by atoms with Gasteiger partial charge in [0.1, 0.15) is 0 Å². The van der Waals surface area contributed by atoms with Crippen LogP contribution in [0.5, 0.6) is 0 Å². The molecule has 1 aromatic heterocycles. The first kappa shape index (κ1) is 15.0. The van der Waals surface area contributed by atoms with Gasteiger partial charge in [-0.3, -0.25) is 4.79 Å². The minimum Gasteiger partial charge on any atom is -0.326 e. The molecule has 0 atom stereocenters. The fraction of sp³-hybridized carbons (Fsp3) is 0.579. The smallest absolute Gasteiger partial charge is 0.230 e. The Bertz CT molecular complexity index is 774. The van der Waals surface area contributed by atoms with E-state index < -0.39 is 0 Å². The summed E-state index contributed by atoms with van der Waals surface area (Å²) in [5.74, 6) is 3.30. The summed E-state index contributed by atoms with van der Waals surface area (Å²) < 4.78 is 1.64. The van der Waals surface area contributed by atoms with Gasteiger partial charge in [0.2, 0.25) is 5.91 Å². The first-order valence-electron chi connectivity index (χ1n) is 9.25. The third-order valence-electron chi connectivity index (χ3n) is 6.54. The molecule has 0 spiro atoms. The van der Waals surface area contributed by atoms with E-state index in [2.05, 4.69) is 20.8 Å². The molecule has 130 valence electrons. The van der Waals surface area contributed by atoms with Crippen molar-refractivity contribution in [1.82, 2.24) is 20.2 Å². The van der Waals surface area contributed by atoms with Gasteiger partial charge >= 0.3 is 0 Å².